The molecular formula is C10H16N2S. The fraction of sp³-hybridized carbons (Fsp3) is 0.700. The molecule has 1 fully saturated rings. The first-order valence-corrected chi connectivity index (χ1v) is 5.74. The number of thiazole rings is 1. The molecule has 1 saturated carbocycles. The third-order valence-corrected chi connectivity index (χ3v) is 4.06. The van der Waals surface area contributed by atoms with Crippen molar-refractivity contribution in [3.8, 4) is 0 Å². The number of nitrogens with one attached hydrogen (secondary N) is 1. The molecule has 2 unspecified atom stereocenters. The summed E-state index contributed by atoms with van der Waals surface area (Å²) < 4.78 is 0. The van der Waals surface area contributed by atoms with E-state index in [1.807, 2.05) is 6.20 Å². The summed E-state index contributed by atoms with van der Waals surface area (Å²) in [5.41, 5.74) is 0.188. The third-order valence-electron chi connectivity index (χ3n) is 3.08. The average molecular weight is 196 g/mol. The van der Waals surface area contributed by atoms with Gasteiger partial charge in [0.2, 0.25) is 0 Å². The Kier molecular flexibility index (Phi) is 2.39. The lowest BCUT2D eigenvalue weighted by Gasteiger charge is -2.26. The number of hydrogen-bond donors (Lipinski definition) is 1. The predicted molar refractivity (Wildman–Crippen MR) is 55.9 cm³/mol. The van der Waals surface area contributed by atoms with Crippen molar-refractivity contribution in [1.29, 1.82) is 0 Å². The SMILES string of the molecule is CNC1(c2nccs2)CCC(C)C1. The van der Waals surface area contributed by atoms with Crippen LogP contribution in [0.1, 0.15) is 31.2 Å². The van der Waals surface area contributed by atoms with E-state index in [0.717, 1.165) is 5.92 Å². The Labute approximate surface area is 83.4 Å². The molecule has 0 aromatic carbocycles. The van der Waals surface area contributed by atoms with Crippen molar-refractivity contribution in [3.63, 3.8) is 0 Å². The number of hydrogen-bond acceptors (Lipinski definition) is 3. The Morgan fingerprint density at radius 1 is 1.69 bits per heavy atom. The standard InChI is InChI=1S/C10H16N2S/c1-8-3-4-10(7-8,11-2)9-12-5-6-13-9/h5-6,8,11H,3-4,7H2,1-2H3. The molecular weight excluding hydrogens is 180 g/mol. The molecule has 0 saturated heterocycles. The zero-order chi connectivity index (χ0) is 9.31. The van der Waals surface area contributed by atoms with Crippen LogP contribution < -0.4 is 5.32 Å². The monoisotopic (exact) mass is 196 g/mol. The zero-order valence-corrected chi connectivity index (χ0v) is 9.03. The normalized spacial score (nSPS) is 33.8. The minimum absolute atomic E-state index is 0.188. The van der Waals surface area contributed by atoms with E-state index in [9.17, 15) is 0 Å². The maximum absolute atomic E-state index is 4.43. The van der Waals surface area contributed by atoms with Crippen molar-refractivity contribution in [1.82, 2.24) is 10.3 Å². The van der Waals surface area contributed by atoms with Gasteiger partial charge in [-0.1, -0.05) is 6.92 Å². The fourth-order valence-corrected chi connectivity index (χ4v) is 3.17. The van der Waals surface area contributed by atoms with Crippen LogP contribution in [0.3, 0.4) is 0 Å². The van der Waals surface area contributed by atoms with E-state index in [0.29, 0.717) is 0 Å². The molecule has 0 amide bonds. The lowest BCUT2D eigenvalue weighted by Crippen LogP contribution is -2.37. The van der Waals surface area contributed by atoms with Gasteiger partial charge in [0.25, 0.3) is 0 Å². The second-order valence-electron chi connectivity index (χ2n) is 4.02. The molecule has 3 heteroatoms. The van der Waals surface area contributed by atoms with Crippen LogP contribution in [0.15, 0.2) is 11.6 Å². The lowest BCUT2D eigenvalue weighted by atomic mass is 9.97. The first kappa shape index (κ1) is 9.16. The Morgan fingerprint density at radius 2 is 2.54 bits per heavy atom. The summed E-state index contributed by atoms with van der Waals surface area (Å²) in [6, 6.07) is 0. The molecule has 1 aromatic rings. The molecule has 1 aromatic heterocycles. The van der Waals surface area contributed by atoms with Crippen LogP contribution in [0.2, 0.25) is 0 Å². The summed E-state index contributed by atoms with van der Waals surface area (Å²) in [5, 5.41) is 6.79. The molecule has 0 aliphatic heterocycles. The molecule has 0 radical (unpaired) electrons. The quantitative estimate of drug-likeness (QED) is 0.785. The van der Waals surface area contributed by atoms with Gasteiger partial charge in [-0.05, 0) is 32.2 Å². The Hall–Kier alpha value is -0.410. The van der Waals surface area contributed by atoms with Crippen molar-refractivity contribution >= 4 is 11.3 Å². The van der Waals surface area contributed by atoms with Gasteiger partial charge in [-0.15, -0.1) is 11.3 Å². The highest BCUT2D eigenvalue weighted by Crippen LogP contribution is 2.42. The highest BCUT2D eigenvalue weighted by molar-refractivity contribution is 7.09. The van der Waals surface area contributed by atoms with E-state index in [4.69, 9.17) is 0 Å². The van der Waals surface area contributed by atoms with E-state index in [-0.39, 0.29) is 5.54 Å². The molecule has 1 aliphatic rings. The van der Waals surface area contributed by atoms with Gasteiger partial charge in [-0.3, -0.25) is 0 Å². The van der Waals surface area contributed by atoms with E-state index in [2.05, 4.69) is 29.7 Å². The number of nitrogens with zero attached hydrogens (tertiary/aromatic N) is 1. The van der Waals surface area contributed by atoms with E-state index in [1.54, 1.807) is 11.3 Å². The molecule has 1 aliphatic carbocycles. The van der Waals surface area contributed by atoms with Crippen LogP contribution >= 0.6 is 11.3 Å². The topological polar surface area (TPSA) is 24.9 Å². The Morgan fingerprint density at radius 3 is 3.00 bits per heavy atom. The molecule has 13 heavy (non-hydrogen) atoms. The Bertz CT molecular complexity index is 270. The maximum Gasteiger partial charge on any atom is 0.113 e. The predicted octanol–water partition coefficient (Wildman–Crippen LogP) is 2.38. The smallest absolute Gasteiger partial charge is 0.113 e. The van der Waals surface area contributed by atoms with Gasteiger partial charge in [-0.25, -0.2) is 4.98 Å². The fourth-order valence-electron chi connectivity index (χ4n) is 2.28. The van der Waals surface area contributed by atoms with Crippen LogP contribution in [0.4, 0.5) is 0 Å². The second kappa shape index (κ2) is 3.39. The van der Waals surface area contributed by atoms with Crippen molar-refractivity contribution in [3.05, 3.63) is 16.6 Å². The summed E-state index contributed by atoms with van der Waals surface area (Å²) in [7, 11) is 2.06. The largest absolute Gasteiger partial charge is 0.308 e. The summed E-state index contributed by atoms with van der Waals surface area (Å²) >= 11 is 1.77. The maximum atomic E-state index is 4.43. The summed E-state index contributed by atoms with van der Waals surface area (Å²) in [6.07, 6.45) is 5.69. The Balaban J connectivity index is 2.26. The number of aromatic nitrogens is 1. The van der Waals surface area contributed by atoms with Crippen LogP contribution in [0.5, 0.6) is 0 Å². The highest BCUT2D eigenvalue weighted by Gasteiger charge is 2.39. The van der Waals surface area contributed by atoms with E-state index < -0.39 is 0 Å². The average Bonchev–Trinajstić information content (AvgIpc) is 2.73. The van der Waals surface area contributed by atoms with Gasteiger partial charge in [0.05, 0.1) is 5.54 Å². The van der Waals surface area contributed by atoms with Gasteiger partial charge in [0, 0.05) is 11.6 Å². The van der Waals surface area contributed by atoms with Gasteiger partial charge in [-0.2, -0.15) is 0 Å². The molecule has 0 spiro atoms. The molecule has 0 bridgehead atoms. The van der Waals surface area contributed by atoms with Crippen LogP contribution in [0, 0.1) is 5.92 Å². The summed E-state index contributed by atoms with van der Waals surface area (Å²) in [6.45, 7) is 2.33. The first-order chi connectivity index (χ1) is 6.27. The summed E-state index contributed by atoms with van der Waals surface area (Å²) in [5.74, 6) is 0.830. The minimum atomic E-state index is 0.188. The van der Waals surface area contributed by atoms with Crippen LogP contribution in [-0.2, 0) is 5.54 Å². The van der Waals surface area contributed by atoms with Gasteiger partial charge in [0.15, 0.2) is 0 Å². The third kappa shape index (κ3) is 1.51. The lowest BCUT2D eigenvalue weighted by molar-refractivity contribution is 0.358. The first-order valence-electron chi connectivity index (χ1n) is 4.86. The van der Waals surface area contributed by atoms with Crippen LogP contribution in [0.25, 0.3) is 0 Å². The highest BCUT2D eigenvalue weighted by atomic mass is 32.1. The molecule has 2 rings (SSSR count). The van der Waals surface area contributed by atoms with Crippen molar-refractivity contribution in [2.45, 2.75) is 31.7 Å². The summed E-state index contributed by atoms with van der Waals surface area (Å²) in [4.78, 5) is 4.43. The zero-order valence-electron chi connectivity index (χ0n) is 8.21. The van der Waals surface area contributed by atoms with Crippen molar-refractivity contribution in [2.24, 2.45) is 5.92 Å². The van der Waals surface area contributed by atoms with Crippen molar-refractivity contribution in [2.75, 3.05) is 7.05 Å². The molecule has 72 valence electrons. The molecule has 2 nitrogen and oxygen atoms in total. The van der Waals surface area contributed by atoms with E-state index in [1.165, 1.54) is 24.3 Å². The van der Waals surface area contributed by atoms with Crippen molar-refractivity contribution < 1.29 is 0 Å². The molecule has 2 atom stereocenters. The second-order valence-corrected chi connectivity index (χ2v) is 4.91. The van der Waals surface area contributed by atoms with Crippen LogP contribution in [-0.4, -0.2) is 12.0 Å². The van der Waals surface area contributed by atoms with E-state index >= 15 is 0 Å². The number of rotatable bonds is 2. The molecule has 1 N–H and O–H groups in total. The van der Waals surface area contributed by atoms with Gasteiger partial charge in [0.1, 0.15) is 5.01 Å². The van der Waals surface area contributed by atoms with Gasteiger partial charge >= 0.3 is 0 Å². The minimum Gasteiger partial charge on any atom is -0.308 e. The molecule has 1 heterocycles. The van der Waals surface area contributed by atoms with Gasteiger partial charge < -0.3 is 5.32 Å².